The van der Waals surface area contributed by atoms with Crippen LogP contribution in [0.4, 0.5) is 14.5 Å². The average Bonchev–Trinajstić information content (AvgIpc) is 2.73. The number of benzene rings is 2. The van der Waals surface area contributed by atoms with E-state index < -0.39 is 12.5 Å². The summed E-state index contributed by atoms with van der Waals surface area (Å²) in [7, 11) is 2.54. The number of halogens is 2. The van der Waals surface area contributed by atoms with E-state index in [1.54, 1.807) is 24.3 Å². The van der Waals surface area contributed by atoms with Gasteiger partial charge in [-0.1, -0.05) is 0 Å². The van der Waals surface area contributed by atoms with Crippen molar-refractivity contribution in [2.75, 3.05) is 26.1 Å². The van der Waals surface area contributed by atoms with E-state index in [0.29, 0.717) is 23.6 Å². The number of alkyl halides is 2. The molecule has 9 heteroatoms. The summed E-state index contributed by atoms with van der Waals surface area (Å²) >= 11 is 0. The van der Waals surface area contributed by atoms with Crippen molar-refractivity contribution >= 4 is 17.7 Å². The second-order valence-electron chi connectivity index (χ2n) is 5.71. The molecule has 0 unspecified atom stereocenters. The Morgan fingerprint density at radius 2 is 1.77 bits per heavy atom. The minimum Gasteiger partial charge on any atom is -0.494 e. The summed E-state index contributed by atoms with van der Waals surface area (Å²) in [6, 6.07) is 11.2. The van der Waals surface area contributed by atoms with E-state index in [1.165, 1.54) is 32.4 Å². The summed E-state index contributed by atoms with van der Waals surface area (Å²) in [4.78, 5) is 12.5. The molecule has 0 aromatic heterocycles. The van der Waals surface area contributed by atoms with Crippen LogP contribution in [0.15, 0.2) is 42.0 Å². The fourth-order valence-corrected chi connectivity index (χ4v) is 2.50. The topological polar surface area (TPSA) is 89.8 Å². The van der Waals surface area contributed by atoms with Gasteiger partial charge in [-0.2, -0.15) is 14.0 Å². The number of nitrogens with zero attached hydrogens (tertiary/aromatic N) is 1. The van der Waals surface area contributed by atoms with Gasteiger partial charge < -0.3 is 24.3 Å². The van der Waals surface area contributed by atoms with Crippen LogP contribution in [0, 0.1) is 11.3 Å². The third-order valence-electron chi connectivity index (χ3n) is 3.79. The van der Waals surface area contributed by atoms with Crippen LogP contribution in [0.25, 0.3) is 6.08 Å². The second kappa shape index (κ2) is 10.7. The van der Waals surface area contributed by atoms with Crippen molar-refractivity contribution < 1.29 is 32.5 Å². The highest BCUT2D eigenvalue weighted by Gasteiger charge is 2.18. The first kappa shape index (κ1) is 22.5. The first-order valence-electron chi connectivity index (χ1n) is 8.78. The van der Waals surface area contributed by atoms with Crippen LogP contribution >= 0.6 is 0 Å². The van der Waals surface area contributed by atoms with Crippen LogP contribution < -0.4 is 24.3 Å². The minimum absolute atomic E-state index is 0.0369. The molecule has 2 rings (SSSR count). The number of ether oxygens (including phenoxy) is 4. The van der Waals surface area contributed by atoms with E-state index in [-0.39, 0.29) is 22.8 Å². The lowest BCUT2D eigenvalue weighted by atomic mass is 10.1. The first-order valence-corrected chi connectivity index (χ1v) is 8.78. The zero-order valence-electron chi connectivity index (χ0n) is 16.6. The van der Waals surface area contributed by atoms with E-state index in [9.17, 15) is 18.8 Å². The second-order valence-corrected chi connectivity index (χ2v) is 5.71. The number of methoxy groups -OCH3 is 2. The van der Waals surface area contributed by atoms with Crippen LogP contribution in [-0.2, 0) is 4.79 Å². The highest BCUT2D eigenvalue weighted by atomic mass is 19.3. The SMILES string of the molecule is CCOc1ccc(NC(=O)/C(C#N)=C/c2cc(OC)c(OC(F)F)c(OC)c2)cc1. The Morgan fingerprint density at radius 3 is 2.23 bits per heavy atom. The maximum atomic E-state index is 12.7. The Hall–Kier alpha value is -3.80. The molecule has 0 aliphatic rings. The van der Waals surface area contributed by atoms with Crippen molar-refractivity contribution in [3.63, 3.8) is 0 Å². The molecular weight excluding hydrogens is 398 g/mol. The lowest BCUT2D eigenvalue weighted by Crippen LogP contribution is -2.13. The van der Waals surface area contributed by atoms with Crippen LogP contribution in [0.1, 0.15) is 12.5 Å². The molecule has 2 aromatic carbocycles. The van der Waals surface area contributed by atoms with E-state index in [1.807, 2.05) is 13.0 Å². The van der Waals surface area contributed by atoms with Crippen LogP contribution in [0.5, 0.6) is 23.0 Å². The van der Waals surface area contributed by atoms with Crippen molar-refractivity contribution in [1.82, 2.24) is 0 Å². The number of nitriles is 1. The number of anilines is 1. The van der Waals surface area contributed by atoms with E-state index >= 15 is 0 Å². The highest BCUT2D eigenvalue weighted by molar-refractivity contribution is 6.09. The molecule has 0 fully saturated rings. The highest BCUT2D eigenvalue weighted by Crippen LogP contribution is 2.40. The Bertz CT molecular complexity index is 928. The predicted molar refractivity (Wildman–Crippen MR) is 106 cm³/mol. The zero-order valence-corrected chi connectivity index (χ0v) is 16.6. The molecule has 0 saturated carbocycles. The van der Waals surface area contributed by atoms with Gasteiger partial charge in [0.15, 0.2) is 11.5 Å². The number of amides is 1. The van der Waals surface area contributed by atoms with Gasteiger partial charge >= 0.3 is 6.61 Å². The Labute approximate surface area is 172 Å². The van der Waals surface area contributed by atoms with Gasteiger partial charge in [0.25, 0.3) is 5.91 Å². The lowest BCUT2D eigenvalue weighted by molar-refractivity contribution is -0.112. The summed E-state index contributed by atoms with van der Waals surface area (Å²) in [6.45, 7) is -0.708. The average molecular weight is 418 g/mol. The van der Waals surface area contributed by atoms with E-state index in [0.717, 1.165) is 0 Å². The minimum atomic E-state index is -3.08. The Kier molecular flexibility index (Phi) is 7.99. The van der Waals surface area contributed by atoms with Gasteiger partial charge in [0.1, 0.15) is 17.4 Å². The van der Waals surface area contributed by atoms with Gasteiger partial charge in [-0.3, -0.25) is 4.79 Å². The smallest absolute Gasteiger partial charge is 0.387 e. The molecule has 158 valence electrons. The largest absolute Gasteiger partial charge is 0.494 e. The lowest BCUT2D eigenvalue weighted by Gasteiger charge is -2.14. The standard InChI is InChI=1S/C21H20F2N2O5/c1-4-29-16-7-5-15(6-8-16)25-20(26)14(12-24)9-13-10-17(27-2)19(30-21(22)23)18(11-13)28-3/h5-11,21H,4H2,1-3H3,(H,25,26)/b14-9+. The summed E-state index contributed by atoms with van der Waals surface area (Å²) in [6.07, 6.45) is 1.28. The summed E-state index contributed by atoms with van der Waals surface area (Å²) in [5.41, 5.74) is 0.583. The number of rotatable bonds is 9. The first-order chi connectivity index (χ1) is 14.4. The number of nitrogens with one attached hydrogen (secondary N) is 1. The summed E-state index contributed by atoms with van der Waals surface area (Å²) in [5.74, 6) is -0.357. The molecule has 0 bridgehead atoms. The fourth-order valence-electron chi connectivity index (χ4n) is 2.50. The number of carbonyl (C=O) groups is 1. The molecule has 1 amide bonds. The molecule has 0 spiro atoms. The molecule has 0 radical (unpaired) electrons. The molecule has 7 nitrogen and oxygen atoms in total. The van der Waals surface area contributed by atoms with Crippen molar-refractivity contribution in [2.45, 2.75) is 13.5 Å². The third-order valence-corrected chi connectivity index (χ3v) is 3.79. The van der Waals surface area contributed by atoms with Crippen LogP contribution in [-0.4, -0.2) is 33.3 Å². The molecule has 0 aliphatic heterocycles. The van der Waals surface area contributed by atoms with E-state index in [4.69, 9.17) is 14.2 Å². The van der Waals surface area contributed by atoms with Gasteiger partial charge in [-0.25, -0.2) is 0 Å². The zero-order chi connectivity index (χ0) is 22.1. The summed E-state index contributed by atoms with van der Waals surface area (Å²) in [5, 5.41) is 12.0. The molecular formula is C21H20F2N2O5. The van der Waals surface area contributed by atoms with Crippen molar-refractivity contribution in [1.29, 1.82) is 5.26 Å². The Balaban J connectivity index is 2.29. The van der Waals surface area contributed by atoms with Gasteiger partial charge in [-0.15, -0.1) is 0 Å². The number of hydrogen-bond donors (Lipinski definition) is 1. The third kappa shape index (κ3) is 5.85. The normalized spacial score (nSPS) is 10.9. The van der Waals surface area contributed by atoms with Gasteiger partial charge in [0.2, 0.25) is 5.75 Å². The quantitative estimate of drug-likeness (QED) is 0.484. The van der Waals surface area contributed by atoms with Crippen molar-refractivity contribution in [3.8, 4) is 29.1 Å². The molecule has 30 heavy (non-hydrogen) atoms. The number of carbonyl (C=O) groups excluding carboxylic acids is 1. The van der Waals surface area contributed by atoms with E-state index in [2.05, 4.69) is 10.1 Å². The van der Waals surface area contributed by atoms with Gasteiger partial charge in [-0.05, 0) is 55.0 Å². The molecule has 0 aliphatic carbocycles. The maximum Gasteiger partial charge on any atom is 0.387 e. The maximum absolute atomic E-state index is 12.7. The Morgan fingerprint density at radius 1 is 1.17 bits per heavy atom. The monoisotopic (exact) mass is 418 g/mol. The van der Waals surface area contributed by atoms with Crippen molar-refractivity contribution in [3.05, 3.63) is 47.5 Å². The summed E-state index contributed by atoms with van der Waals surface area (Å²) < 4.78 is 45.2. The predicted octanol–water partition coefficient (Wildman–Crippen LogP) is 4.25. The van der Waals surface area contributed by atoms with Gasteiger partial charge in [0.05, 0.1) is 20.8 Å². The molecule has 0 atom stereocenters. The number of hydrogen-bond acceptors (Lipinski definition) is 6. The molecule has 2 aromatic rings. The van der Waals surface area contributed by atoms with Crippen LogP contribution in [0.2, 0.25) is 0 Å². The molecule has 1 N–H and O–H groups in total. The fraction of sp³-hybridized carbons (Fsp3) is 0.238. The van der Waals surface area contributed by atoms with Crippen molar-refractivity contribution in [2.24, 2.45) is 0 Å². The molecule has 0 saturated heterocycles. The van der Waals surface area contributed by atoms with Crippen LogP contribution in [0.3, 0.4) is 0 Å². The van der Waals surface area contributed by atoms with Gasteiger partial charge in [0, 0.05) is 5.69 Å². The molecule has 0 heterocycles.